The van der Waals surface area contributed by atoms with E-state index >= 15 is 0 Å². The van der Waals surface area contributed by atoms with Gasteiger partial charge >= 0.3 is 0 Å². The molecule has 2 atom stereocenters. The highest BCUT2D eigenvalue weighted by atomic mass is 35.5. The number of nitrogens with zero attached hydrogens (tertiary/aromatic N) is 2. The van der Waals surface area contributed by atoms with Crippen LogP contribution >= 0.6 is 11.6 Å². The summed E-state index contributed by atoms with van der Waals surface area (Å²) in [6, 6.07) is 4.79. The smallest absolute Gasteiger partial charge is 0.273 e. The monoisotopic (exact) mass is 281 g/mol. The number of rotatable bonds is 3. The van der Waals surface area contributed by atoms with Gasteiger partial charge in [0.05, 0.1) is 4.92 Å². The van der Waals surface area contributed by atoms with Crippen LogP contribution in [0.3, 0.4) is 0 Å². The first-order valence-electron chi connectivity index (χ1n) is 6.49. The standard InChI is InChI=1S/C13H16ClN3O2/c14-12-1-2-13(17(18)19)9(3-12)6-16-7-10-4-15-5-11(10)8-16/h1-3,10-11,15H,4-8H2/t10-,11+. The Bertz CT molecular complexity index is 497. The molecule has 0 aromatic heterocycles. The number of nitro benzene ring substituents is 1. The summed E-state index contributed by atoms with van der Waals surface area (Å²) in [6.45, 7) is 4.78. The molecule has 0 spiro atoms. The number of hydrogen-bond acceptors (Lipinski definition) is 4. The van der Waals surface area contributed by atoms with E-state index in [4.69, 9.17) is 11.6 Å². The van der Waals surface area contributed by atoms with Gasteiger partial charge in [-0.25, -0.2) is 0 Å². The Balaban J connectivity index is 1.76. The minimum atomic E-state index is -0.329. The third kappa shape index (κ3) is 2.59. The number of halogens is 1. The average molecular weight is 282 g/mol. The molecule has 3 rings (SSSR count). The van der Waals surface area contributed by atoms with Gasteiger partial charge in [-0.15, -0.1) is 0 Å². The van der Waals surface area contributed by atoms with Crippen LogP contribution in [0.25, 0.3) is 0 Å². The number of fused-ring (bicyclic) bond motifs is 1. The molecule has 2 aliphatic rings. The highest BCUT2D eigenvalue weighted by Gasteiger charge is 2.36. The summed E-state index contributed by atoms with van der Waals surface area (Å²) in [5.41, 5.74) is 0.880. The Hall–Kier alpha value is -1.17. The van der Waals surface area contributed by atoms with Crippen LogP contribution in [0.4, 0.5) is 5.69 Å². The lowest BCUT2D eigenvalue weighted by Gasteiger charge is -2.17. The van der Waals surface area contributed by atoms with Crippen LogP contribution in [0.5, 0.6) is 0 Å². The van der Waals surface area contributed by atoms with Gasteiger partial charge in [0.15, 0.2) is 0 Å². The third-order valence-electron chi connectivity index (χ3n) is 4.10. The van der Waals surface area contributed by atoms with Gasteiger partial charge in [-0.05, 0) is 37.1 Å². The predicted octanol–water partition coefficient (Wildman–Crippen LogP) is 1.90. The van der Waals surface area contributed by atoms with E-state index in [0.717, 1.165) is 26.2 Å². The summed E-state index contributed by atoms with van der Waals surface area (Å²) in [7, 11) is 0. The zero-order valence-electron chi connectivity index (χ0n) is 10.5. The van der Waals surface area contributed by atoms with Crippen LogP contribution in [0.15, 0.2) is 18.2 Å². The first kappa shape index (κ1) is 12.8. The second-order valence-corrected chi connectivity index (χ2v) is 5.84. The quantitative estimate of drug-likeness (QED) is 0.679. The minimum Gasteiger partial charge on any atom is -0.316 e. The van der Waals surface area contributed by atoms with Gasteiger partial charge in [0, 0.05) is 36.3 Å². The average Bonchev–Trinajstić information content (AvgIpc) is 2.89. The summed E-state index contributed by atoms with van der Waals surface area (Å²) in [6.07, 6.45) is 0. The minimum absolute atomic E-state index is 0.166. The normalized spacial score (nSPS) is 26.6. The molecule has 0 amide bonds. The van der Waals surface area contributed by atoms with E-state index in [9.17, 15) is 10.1 Å². The molecule has 0 radical (unpaired) electrons. The molecule has 0 unspecified atom stereocenters. The molecule has 6 heteroatoms. The Morgan fingerprint density at radius 1 is 1.37 bits per heavy atom. The van der Waals surface area contributed by atoms with Crippen LogP contribution in [0.2, 0.25) is 5.02 Å². The summed E-state index contributed by atoms with van der Waals surface area (Å²) in [5, 5.41) is 15.0. The molecule has 1 N–H and O–H groups in total. The van der Waals surface area contributed by atoms with Crippen molar-refractivity contribution in [2.24, 2.45) is 11.8 Å². The molecule has 2 saturated heterocycles. The van der Waals surface area contributed by atoms with Gasteiger partial charge in [-0.2, -0.15) is 0 Å². The zero-order valence-corrected chi connectivity index (χ0v) is 11.3. The molecule has 102 valence electrons. The lowest BCUT2D eigenvalue weighted by Crippen LogP contribution is -2.25. The van der Waals surface area contributed by atoms with Crippen molar-refractivity contribution in [3.8, 4) is 0 Å². The second kappa shape index (κ2) is 5.07. The summed E-state index contributed by atoms with van der Waals surface area (Å²) >= 11 is 5.95. The maximum absolute atomic E-state index is 11.0. The molecule has 0 aliphatic carbocycles. The molecule has 0 saturated carbocycles. The number of nitrogens with one attached hydrogen (secondary N) is 1. The van der Waals surface area contributed by atoms with E-state index in [2.05, 4.69) is 10.2 Å². The van der Waals surface area contributed by atoms with Gasteiger partial charge in [0.2, 0.25) is 0 Å². The van der Waals surface area contributed by atoms with Crippen LogP contribution in [-0.2, 0) is 6.54 Å². The highest BCUT2D eigenvalue weighted by molar-refractivity contribution is 6.30. The van der Waals surface area contributed by atoms with Crippen LogP contribution in [0.1, 0.15) is 5.56 Å². The Morgan fingerprint density at radius 2 is 2.05 bits per heavy atom. The molecular formula is C13H16ClN3O2. The molecule has 1 aromatic carbocycles. The topological polar surface area (TPSA) is 58.4 Å². The number of hydrogen-bond donors (Lipinski definition) is 1. The van der Waals surface area contributed by atoms with Crippen molar-refractivity contribution < 1.29 is 4.92 Å². The van der Waals surface area contributed by atoms with Gasteiger partial charge in [-0.3, -0.25) is 15.0 Å². The van der Waals surface area contributed by atoms with E-state index in [-0.39, 0.29) is 10.6 Å². The molecule has 0 bridgehead atoms. The molecular weight excluding hydrogens is 266 g/mol. The SMILES string of the molecule is O=[N+]([O-])c1ccc(Cl)cc1CN1C[C@H]2CNC[C@H]2C1. The summed E-state index contributed by atoms with van der Waals surface area (Å²) in [4.78, 5) is 13.0. The van der Waals surface area contributed by atoms with Gasteiger partial charge in [-0.1, -0.05) is 11.6 Å². The van der Waals surface area contributed by atoms with Crippen molar-refractivity contribution in [2.75, 3.05) is 26.2 Å². The lowest BCUT2D eigenvalue weighted by atomic mass is 10.0. The molecule has 5 nitrogen and oxygen atoms in total. The third-order valence-corrected chi connectivity index (χ3v) is 4.33. The van der Waals surface area contributed by atoms with E-state index in [1.165, 1.54) is 6.07 Å². The Kier molecular flexibility index (Phi) is 3.43. The number of nitro groups is 1. The first-order chi connectivity index (χ1) is 9.13. The van der Waals surface area contributed by atoms with Crippen molar-refractivity contribution in [1.82, 2.24) is 10.2 Å². The van der Waals surface area contributed by atoms with E-state index in [0.29, 0.717) is 29.0 Å². The summed E-state index contributed by atoms with van der Waals surface area (Å²) in [5.74, 6) is 1.39. The van der Waals surface area contributed by atoms with Crippen molar-refractivity contribution >= 4 is 17.3 Å². The molecule has 19 heavy (non-hydrogen) atoms. The highest BCUT2D eigenvalue weighted by Crippen LogP contribution is 2.30. The van der Waals surface area contributed by atoms with Crippen LogP contribution < -0.4 is 5.32 Å². The number of benzene rings is 1. The van der Waals surface area contributed by atoms with E-state index in [1.807, 2.05) is 0 Å². The Labute approximate surface area is 116 Å². The van der Waals surface area contributed by atoms with Gasteiger partial charge < -0.3 is 5.32 Å². The molecule has 2 heterocycles. The van der Waals surface area contributed by atoms with Crippen molar-refractivity contribution in [1.29, 1.82) is 0 Å². The fourth-order valence-corrected chi connectivity index (χ4v) is 3.38. The maximum atomic E-state index is 11.0. The maximum Gasteiger partial charge on any atom is 0.273 e. The predicted molar refractivity (Wildman–Crippen MR) is 73.2 cm³/mol. The zero-order chi connectivity index (χ0) is 13.4. The molecule has 1 aromatic rings. The molecule has 2 aliphatic heterocycles. The fourth-order valence-electron chi connectivity index (χ4n) is 3.18. The van der Waals surface area contributed by atoms with Crippen molar-refractivity contribution in [3.05, 3.63) is 38.9 Å². The van der Waals surface area contributed by atoms with Gasteiger partial charge in [0.1, 0.15) is 0 Å². The second-order valence-electron chi connectivity index (χ2n) is 5.40. The summed E-state index contributed by atoms with van der Waals surface area (Å²) < 4.78 is 0. The number of likely N-dealkylation sites (tertiary alicyclic amines) is 1. The van der Waals surface area contributed by atoms with Gasteiger partial charge in [0.25, 0.3) is 5.69 Å². The van der Waals surface area contributed by atoms with Crippen molar-refractivity contribution in [2.45, 2.75) is 6.54 Å². The first-order valence-corrected chi connectivity index (χ1v) is 6.87. The molecule has 2 fully saturated rings. The lowest BCUT2D eigenvalue weighted by molar-refractivity contribution is -0.385. The largest absolute Gasteiger partial charge is 0.316 e. The van der Waals surface area contributed by atoms with E-state index in [1.54, 1.807) is 12.1 Å². The van der Waals surface area contributed by atoms with Crippen LogP contribution in [-0.4, -0.2) is 36.0 Å². The fraction of sp³-hybridized carbons (Fsp3) is 0.538. The van der Waals surface area contributed by atoms with Crippen molar-refractivity contribution in [3.63, 3.8) is 0 Å². The van der Waals surface area contributed by atoms with E-state index < -0.39 is 0 Å². The Morgan fingerprint density at radius 3 is 2.68 bits per heavy atom. The van der Waals surface area contributed by atoms with Crippen LogP contribution in [0, 0.1) is 22.0 Å².